The Bertz CT molecular complexity index is 1340. The zero-order chi connectivity index (χ0) is 27.3. The van der Waals surface area contributed by atoms with Crippen LogP contribution < -0.4 is 4.74 Å². The van der Waals surface area contributed by atoms with Gasteiger partial charge in [0.25, 0.3) is 0 Å². The molecule has 1 aromatic heterocycles. The van der Waals surface area contributed by atoms with Gasteiger partial charge in [-0.15, -0.1) is 0 Å². The highest BCUT2D eigenvalue weighted by Crippen LogP contribution is 2.31. The van der Waals surface area contributed by atoms with E-state index in [-0.39, 0.29) is 22.3 Å². The average Bonchev–Trinajstić information content (AvgIpc) is 2.91. The fraction of sp³-hybridized carbons (Fsp3) is 0.480. The van der Waals surface area contributed by atoms with Crippen molar-refractivity contribution in [3.63, 3.8) is 0 Å². The van der Waals surface area contributed by atoms with E-state index in [2.05, 4.69) is 9.97 Å². The Hall–Kier alpha value is -3.01. The topological polar surface area (TPSA) is 201 Å². The van der Waals surface area contributed by atoms with Gasteiger partial charge in [-0.3, -0.25) is 0 Å². The van der Waals surface area contributed by atoms with Gasteiger partial charge in [0.1, 0.15) is 47.7 Å². The third-order valence-corrected chi connectivity index (χ3v) is 6.76. The molecule has 204 valence electrons. The molecular weight excluding hydrogens is 504 g/mol. The highest BCUT2D eigenvalue weighted by molar-refractivity contribution is 6.03. The summed E-state index contributed by atoms with van der Waals surface area (Å²) >= 11 is 0. The Morgan fingerprint density at radius 1 is 0.711 bits per heavy atom. The minimum atomic E-state index is -1.66. The van der Waals surface area contributed by atoms with Crippen molar-refractivity contribution >= 4 is 28.0 Å². The molecule has 10 atom stereocenters. The van der Waals surface area contributed by atoms with Gasteiger partial charge in [-0.1, -0.05) is 12.1 Å². The fourth-order valence-corrected chi connectivity index (χ4v) is 4.47. The maximum Gasteiger partial charge on any atom is 0.342 e. The molecule has 0 radical (unpaired) electrons. The van der Waals surface area contributed by atoms with Crippen molar-refractivity contribution in [2.75, 3.05) is 0 Å². The lowest BCUT2D eigenvalue weighted by molar-refractivity contribution is -0.276. The first-order valence-electron chi connectivity index (χ1n) is 12.0. The van der Waals surface area contributed by atoms with Crippen LogP contribution in [0, 0.1) is 0 Å². The van der Waals surface area contributed by atoms with E-state index in [1.54, 1.807) is 30.3 Å². The van der Waals surface area contributed by atoms with Crippen LogP contribution in [0.1, 0.15) is 24.2 Å². The Morgan fingerprint density at radius 3 is 1.89 bits per heavy atom. The molecule has 2 aromatic carbocycles. The number of para-hydroxylation sites is 2. The fourth-order valence-electron chi connectivity index (χ4n) is 4.47. The van der Waals surface area contributed by atoms with E-state index in [4.69, 9.17) is 18.9 Å². The predicted octanol–water partition coefficient (Wildman–Crippen LogP) is -1.03. The van der Waals surface area contributed by atoms with Crippen molar-refractivity contribution in [1.82, 2.24) is 9.97 Å². The van der Waals surface area contributed by atoms with Crippen molar-refractivity contribution < 1.29 is 54.4 Å². The van der Waals surface area contributed by atoms with Crippen LogP contribution in [0.15, 0.2) is 36.4 Å². The Labute approximate surface area is 215 Å². The zero-order valence-electron chi connectivity index (χ0n) is 20.4. The molecule has 5 rings (SSSR count). The van der Waals surface area contributed by atoms with Crippen molar-refractivity contribution in [2.45, 2.75) is 75.3 Å². The molecule has 3 aromatic rings. The number of carbonyl (C=O) groups excluding carboxylic acids is 1. The van der Waals surface area contributed by atoms with Gasteiger partial charge >= 0.3 is 5.97 Å². The number of hydrogen-bond acceptors (Lipinski definition) is 13. The lowest BCUT2D eigenvalue weighted by Gasteiger charge is -2.38. The summed E-state index contributed by atoms with van der Waals surface area (Å²) in [4.78, 5) is 22.1. The number of rotatable bonds is 4. The number of fused-ring (bicyclic) bond motifs is 2. The number of aliphatic hydroxyl groups is 6. The molecule has 13 heteroatoms. The second-order valence-electron chi connectivity index (χ2n) is 9.41. The number of esters is 1. The van der Waals surface area contributed by atoms with Crippen molar-refractivity contribution in [3.05, 3.63) is 42.0 Å². The second kappa shape index (κ2) is 10.3. The molecule has 0 amide bonds. The first-order valence-corrected chi connectivity index (χ1v) is 12.0. The van der Waals surface area contributed by atoms with Gasteiger partial charge < -0.3 is 49.6 Å². The summed E-state index contributed by atoms with van der Waals surface area (Å²) in [6, 6.07) is 9.43. The normalized spacial score (nSPS) is 35.8. The standard InChI is InChI=1S/C25H28N2O11/c1-9-17(28)19(30)21(32)24(35-9)37-14-8-4-7-13-16(14)27-12-6-3-5-11(15(12)26-13)23(34)38-25-22(33)20(31)18(29)10(2)36-25/h3-10,17-22,24-25,28-33H,1-2H3/t9-,10-,17-,18-,19+,20+,21+,22+,24-,25-/m1/s1. The van der Waals surface area contributed by atoms with Crippen LogP contribution in [0.3, 0.4) is 0 Å². The molecule has 2 aliphatic heterocycles. The summed E-state index contributed by atoms with van der Waals surface area (Å²) in [5.41, 5.74) is 1.11. The van der Waals surface area contributed by atoms with E-state index in [9.17, 15) is 35.4 Å². The monoisotopic (exact) mass is 532 g/mol. The summed E-state index contributed by atoms with van der Waals surface area (Å²) < 4.78 is 22.0. The lowest BCUT2D eigenvalue weighted by atomic mass is 10.00. The molecule has 0 spiro atoms. The van der Waals surface area contributed by atoms with Crippen LogP contribution in [0.5, 0.6) is 5.75 Å². The first-order chi connectivity index (χ1) is 18.1. The Kier molecular flexibility index (Phi) is 7.19. The number of benzene rings is 2. The number of carbonyl (C=O) groups is 1. The van der Waals surface area contributed by atoms with Gasteiger partial charge in [0.15, 0.2) is 5.75 Å². The number of aromatic nitrogens is 2. The molecule has 3 heterocycles. The van der Waals surface area contributed by atoms with E-state index >= 15 is 0 Å². The summed E-state index contributed by atoms with van der Waals surface area (Å²) in [7, 11) is 0. The average molecular weight is 533 g/mol. The molecule has 0 aliphatic carbocycles. The van der Waals surface area contributed by atoms with Crippen LogP contribution in [0.25, 0.3) is 22.1 Å². The highest BCUT2D eigenvalue weighted by atomic mass is 16.7. The van der Waals surface area contributed by atoms with Gasteiger partial charge in [-0.25, -0.2) is 14.8 Å². The quantitative estimate of drug-likeness (QED) is 0.176. The van der Waals surface area contributed by atoms with Gasteiger partial charge in [0, 0.05) is 0 Å². The van der Waals surface area contributed by atoms with Crippen LogP contribution >= 0.6 is 0 Å². The summed E-state index contributed by atoms with van der Waals surface area (Å²) in [5.74, 6) is -0.707. The minimum Gasteiger partial charge on any atom is -0.460 e. The molecule has 2 saturated heterocycles. The highest BCUT2D eigenvalue weighted by Gasteiger charge is 2.45. The predicted molar refractivity (Wildman–Crippen MR) is 128 cm³/mol. The van der Waals surface area contributed by atoms with E-state index in [0.717, 1.165) is 0 Å². The van der Waals surface area contributed by atoms with Crippen molar-refractivity contribution in [3.8, 4) is 5.75 Å². The van der Waals surface area contributed by atoms with E-state index in [1.165, 1.54) is 19.9 Å². The number of aliphatic hydroxyl groups excluding tert-OH is 6. The molecule has 0 saturated carbocycles. The van der Waals surface area contributed by atoms with Gasteiger partial charge in [0.05, 0.1) is 28.8 Å². The first kappa shape index (κ1) is 26.6. The summed E-state index contributed by atoms with van der Waals surface area (Å²) in [5, 5.41) is 60.4. The van der Waals surface area contributed by atoms with Crippen molar-refractivity contribution in [2.24, 2.45) is 0 Å². The third-order valence-electron chi connectivity index (χ3n) is 6.76. The van der Waals surface area contributed by atoms with E-state index in [0.29, 0.717) is 11.0 Å². The van der Waals surface area contributed by atoms with Gasteiger partial charge in [-0.2, -0.15) is 0 Å². The number of ether oxygens (including phenoxy) is 4. The van der Waals surface area contributed by atoms with Gasteiger partial charge in [0.2, 0.25) is 12.6 Å². The molecule has 0 bridgehead atoms. The minimum absolute atomic E-state index is 0.0178. The molecule has 38 heavy (non-hydrogen) atoms. The smallest absolute Gasteiger partial charge is 0.342 e. The second-order valence-corrected chi connectivity index (χ2v) is 9.41. The van der Waals surface area contributed by atoms with Crippen LogP contribution in [0.4, 0.5) is 0 Å². The lowest BCUT2D eigenvalue weighted by Crippen LogP contribution is -2.58. The van der Waals surface area contributed by atoms with Crippen LogP contribution in [0.2, 0.25) is 0 Å². The van der Waals surface area contributed by atoms with Crippen LogP contribution in [-0.2, 0) is 14.2 Å². The Morgan fingerprint density at radius 2 is 1.24 bits per heavy atom. The molecular formula is C25H28N2O11. The third kappa shape index (κ3) is 4.67. The van der Waals surface area contributed by atoms with Gasteiger partial charge in [-0.05, 0) is 38.1 Å². The molecule has 0 unspecified atom stereocenters. The SMILES string of the molecule is C[C@H]1O[C@H](OC(=O)c2cccc3nc4c(O[C@H]5O[C@H](C)[C@@H](O)[C@H](O)[C@@H]5O)cccc4nc23)[C@@H](O)[C@@H](O)[C@@H]1O. The number of hydrogen-bond donors (Lipinski definition) is 6. The summed E-state index contributed by atoms with van der Waals surface area (Å²) in [6.45, 7) is 3.00. The van der Waals surface area contributed by atoms with E-state index < -0.39 is 67.4 Å². The van der Waals surface area contributed by atoms with Crippen LogP contribution in [-0.4, -0.2) is 108 Å². The molecule has 6 N–H and O–H groups in total. The zero-order valence-corrected chi connectivity index (χ0v) is 20.4. The summed E-state index contributed by atoms with van der Waals surface area (Å²) in [6.07, 6.45) is -13.3. The van der Waals surface area contributed by atoms with E-state index in [1.807, 2.05) is 0 Å². The van der Waals surface area contributed by atoms with Crippen molar-refractivity contribution in [1.29, 1.82) is 0 Å². The maximum absolute atomic E-state index is 13.0. The molecule has 13 nitrogen and oxygen atoms in total. The Balaban J connectivity index is 1.44. The molecule has 2 aliphatic rings. The molecule has 2 fully saturated rings. The maximum atomic E-state index is 13.0. The number of nitrogens with zero attached hydrogens (tertiary/aromatic N) is 2. The largest absolute Gasteiger partial charge is 0.460 e.